The van der Waals surface area contributed by atoms with Gasteiger partial charge in [-0.2, -0.15) is 0 Å². The van der Waals surface area contributed by atoms with E-state index in [9.17, 15) is 19.0 Å². The van der Waals surface area contributed by atoms with Gasteiger partial charge in [0.25, 0.3) is 0 Å². The van der Waals surface area contributed by atoms with E-state index in [2.05, 4.69) is 15.3 Å². The summed E-state index contributed by atoms with van der Waals surface area (Å²) in [4.78, 5) is 8.30. The number of aliphatic hydroxyl groups is 2. The molecule has 1 aromatic carbocycles. The van der Waals surface area contributed by atoms with Gasteiger partial charge in [-0.3, -0.25) is 0 Å². The van der Waals surface area contributed by atoms with E-state index in [1.54, 1.807) is 6.92 Å². The molecule has 0 spiro atoms. The third kappa shape index (κ3) is 4.03. The number of benzene rings is 1. The maximum Gasteiger partial charge on any atom is 0.191 e. The van der Waals surface area contributed by atoms with E-state index in [0.29, 0.717) is 12.2 Å². The number of nitrogens with zero attached hydrogens (tertiary/aromatic N) is 2. The summed E-state index contributed by atoms with van der Waals surface area (Å²) in [5.41, 5.74) is -0.984. The summed E-state index contributed by atoms with van der Waals surface area (Å²) in [5.74, 6) is -1.28. The van der Waals surface area contributed by atoms with Crippen molar-refractivity contribution in [1.29, 1.82) is 0 Å². The van der Waals surface area contributed by atoms with Gasteiger partial charge in [-0.15, -0.1) is 0 Å². The van der Waals surface area contributed by atoms with Crippen molar-refractivity contribution < 1.29 is 19.0 Å². The highest BCUT2D eigenvalue weighted by Crippen LogP contribution is 2.40. The molecule has 1 saturated carbocycles. The van der Waals surface area contributed by atoms with Gasteiger partial charge >= 0.3 is 0 Å². The molecule has 0 saturated heterocycles. The lowest BCUT2D eigenvalue weighted by Gasteiger charge is -2.20. The van der Waals surface area contributed by atoms with Crippen molar-refractivity contribution in [2.24, 2.45) is 0 Å². The maximum absolute atomic E-state index is 13.7. The molecule has 1 aliphatic rings. The van der Waals surface area contributed by atoms with Gasteiger partial charge in [-0.05, 0) is 13.0 Å². The van der Waals surface area contributed by atoms with Crippen LogP contribution < -0.4 is 5.32 Å². The number of anilines is 1. The molecule has 5 nitrogen and oxygen atoms in total. The fourth-order valence-electron chi connectivity index (χ4n) is 2.40. The second-order valence-corrected chi connectivity index (χ2v) is 7.27. The molecule has 3 rings (SSSR count). The van der Waals surface area contributed by atoms with Gasteiger partial charge in [-0.25, -0.2) is 18.7 Å². The Hall–Kier alpha value is -1.48. The molecule has 9 heteroatoms. The van der Waals surface area contributed by atoms with Gasteiger partial charge in [0.2, 0.25) is 0 Å². The van der Waals surface area contributed by atoms with E-state index in [1.165, 1.54) is 18.2 Å². The van der Waals surface area contributed by atoms with E-state index in [1.807, 2.05) is 0 Å². The average Bonchev–Trinajstić information content (AvgIpc) is 3.17. The van der Waals surface area contributed by atoms with E-state index < -0.39 is 29.4 Å². The molecule has 1 aromatic heterocycles. The Labute approximate surface area is 152 Å². The van der Waals surface area contributed by atoms with Crippen molar-refractivity contribution in [3.05, 3.63) is 46.6 Å². The summed E-state index contributed by atoms with van der Waals surface area (Å²) in [6.07, 6.45) is -0.474. The molecule has 0 bridgehead atoms. The van der Waals surface area contributed by atoms with Crippen LogP contribution in [0.2, 0.25) is 5.15 Å². The monoisotopic (exact) mass is 387 g/mol. The molecule has 1 fully saturated rings. The standard InChI is InChI=1S/C16H16ClF2N3O2S/c1-8(16(24)6-11(16)23)20-13-5-12(17)21-15(22-13)25-7-9-3-2-4-10(18)14(9)19/h2-5,8,11,23-24H,6-7H2,1H3,(H,20,21,22)/t8-,11?,16?/m1/s1. The van der Waals surface area contributed by atoms with Crippen LogP contribution >= 0.6 is 23.4 Å². The number of rotatable bonds is 6. The molecule has 25 heavy (non-hydrogen) atoms. The fraction of sp³-hybridized carbons (Fsp3) is 0.375. The Morgan fingerprint density at radius 1 is 1.44 bits per heavy atom. The SMILES string of the molecule is C[C@@H](Nc1cc(Cl)nc(SCc2cccc(F)c2F)n1)C1(O)CC1O. The quantitative estimate of drug-likeness (QED) is 0.402. The fourth-order valence-corrected chi connectivity index (χ4v) is 3.47. The number of thioether (sulfide) groups is 1. The summed E-state index contributed by atoms with van der Waals surface area (Å²) < 4.78 is 26.9. The molecule has 134 valence electrons. The first-order valence-electron chi connectivity index (χ1n) is 7.57. The average molecular weight is 388 g/mol. The van der Waals surface area contributed by atoms with Gasteiger partial charge in [0.05, 0.1) is 12.1 Å². The van der Waals surface area contributed by atoms with Crippen molar-refractivity contribution in [3.63, 3.8) is 0 Å². The van der Waals surface area contributed by atoms with Crippen molar-refractivity contribution in [2.75, 3.05) is 5.32 Å². The molecular weight excluding hydrogens is 372 g/mol. The van der Waals surface area contributed by atoms with Gasteiger partial charge in [0.15, 0.2) is 16.8 Å². The van der Waals surface area contributed by atoms with Crippen LogP contribution in [0.4, 0.5) is 14.6 Å². The highest BCUT2D eigenvalue weighted by atomic mass is 35.5. The summed E-state index contributed by atoms with van der Waals surface area (Å²) in [7, 11) is 0. The Morgan fingerprint density at radius 2 is 2.16 bits per heavy atom. The minimum Gasteiger partial charge on any atom is -0.390 e. The van der Waals surface area contributed by atoms with Crippen LogP contribution in [0.5, 0.6) is 0 Å². The van der Waals surface area contributed by atoms with Crippen LogP contribution in [-0.2, 0) is 5.75 Å². The number of halogens is 3. The topological polar surface area (TPSA) is 78.3 Å². The van der Waals surface area contributed by atoms with E-state index in [-0.39, 0.29) is 21.6 Å². The lowest BCUT2D eigenvalue weighted by atomic mass is 10.1. The lowest BCUT2D eigenvalue weighted by molar-refractivity contribution is 0.0736. The third-order valence-corrected chi connectivity index (χ3v) is 5.20. The van der Waals surface area contributed by atoms with Crippen LogP contribution in [0.3, 0.4) is 0 Å². The number of hydrogen-bond acceptors (Lipinski definition) is 6. The minimum absolute atomic E-state index is 0.140. The van der Waals surface area contributed by atoms with Crippen molar-refractivity contribution >= 4 is 29.2 Å². The second-order valence-electron chi connectivity index (χ2n) is 5.94. The largest absolute Gasteiger partial charge is 0.390 e. The first-order valence-corrected chi connectivity index (χ1v) is 8.93. The van der Waals surface area contributed by atoms with Crippen LogP contribution in [-0.4, -0.2) is 37.9 Å². The molecule has 3 atom stereocenters. The van der Waals surface area contributed by atoms with Crippen molar-refractivity contribution in [3.8, 4) is 0 Å². The molecule has 1 heterocycles. The van der Waals surface area contributed by atoms with Gasteiger partial charge in [-0.1, -0.05) is 35.5 Å². The van der Waals surface area contributed by atoms with Gasteiger partial charge in [0, 0.05) is 23.8 Å². The minimum atomic E-state index is -1.19. The van der Waals surface area contributed by atoms with Crippen molar-refractivity contribution in [2.45, 2.75) is 42.0 Å². The zero-order valence-corrected chi connectivity index (χ0v) is 14.8. The number of nitrogens with one attached hydrogen (secondary N) is 1. The second kappa shape index (κ2) is 7.03. The van der Waals surface area contributed by atoms with E-state index in [4.69, 9.17) is 11.6 Å². The smallest absolute Gasteiger partial charge is 0.191 e. The maximum atomic E-state index is 13.7. The molecule has 2 aromatic rings. The summed E-state index contributed by atoms with van der Waals surface area (Å²) in [6.45, 7) is 1.72. The lowest BCUT2D eigenvalue weighted by Crippen LogP contribution is -2.36. The normalized spacial score (nSPS) is 23.4. The molecule has 3 N–H and O–H groups in total. The zero-order valence-electron chi connectivity index (χ0n) is 13.2. The highest BCUT2D eigenvalue weighted by molar-refractivity contribution is 7.98. The molecule has 1 aliphatic carbocycles. The predicted molar refractivity (Wildman–Crippen MR) is 91.6 cm³/mol. The molecular formula is C16H16ClF2N3O2S. The van der Waals surface area contributed by atoms with Crippen LogP contribution in [0.1, 0.15) is 18.9 Å². The first kappa shape index (κ1) is 18.3. The highest BCUT2D eigenvalue weighted by Gasteiger charge is 2.56. The molecule has 0 radical (unpaired) electrons. The third-order valence-electron chi connectivity index (χ3n) is 4.11. The molecule has 0 aliphatic heterocycles. The van der Waals surface area contributed by atoms with E-state index >= 15 is 0 Å². The number of hydrogen-bond donors (Lipinski definition) is 3. The zero-order chi connectivity index (χ0) is 18.2. The summed E-state index contributed by atoms with van der Waals surface area (Å²) in [6, 6.07) is 5.03. The van der Waals surface area contributed by atoms with Crippen LogP contribution in [0.25, 0.3) is 0 Å². The Kier molecular flexibility index (Phi) is 5.15. The summed E-state index contributed by atoms with van der Waals surface area (Å²) >= 11 is 7.09. The van der Waals surface area contributed by atoms with Gasteiger partial charge < -0.3 is 15.5 Å². The van der Waals surface area contributed by atoms with E-state index in [0.717, 1.165) is 17.8 Å². The van der Waals surface area contributed by atoms with Gasteiger partial charge in [0.1, 0.15) is 16.6 Å². The predicted octanol–water partition coefficient (Wildman–Crippen LogP) is 3.00. The van der Waals surface area contributed by atoms with Crippen LogP contribution in [0, 0.1) is 11.6 Å². The number of aromatic nitrogens is 2. The van der Waals surface area contributed by atoms with Crippen LogP contribution in [0.15, 0.2) is 29.4 Å². The summed E-state index contributed by atoms with van der Waals surface area (Å²) in [5, 5.41) is 23.0. The molecule has 2 unspecified atom stereocenters. The Balaban J connectivity index is 1.70. The Bertz CT molecular complexity index is 798. The van der Waals surface area contributed by atoms with Crippen molar-refractivity contribution in [1.82, 2.24) is 9.97 Å². The Morgan fingerprint density at radius 3 is 2.84 bits per heavy atom. The molecule has 0 amide bonds. The number of aliphatic hydroxyl groups excluding tert-OH is 1. The first-order chi connectivity index (χ1) is 11.8.